The number of hydrogen-bond donors (Lipinski definition) is 2. The average Bonchev–Trinajstić information content (AvgIpc) is 2.00. The van der Waals surface area contributed by atoms with E-state index in [-0.39, 0.29) is 0 Å². The van der Waals surface area contributed by atoms with Gasteiger partial charge in [0.05, 0.1) is 5.92 Å². The number of aliphatic carboxylic acids is 2. The minimum Gasteiger partial charge on any atom is -0.481 e. The molecule has 0 atom stereocenters. The van der Waals surface area contributed by atoms with Crippen molar-refractivity contribution in [2.75, 3.05) is 0 Å². The van der Waals surface area contributed by atoms with Crippen LogP contribution in [0.1, 0.15) is 25.7 Å². The zero-order valence-corrected chi connectivity index (χ0v) is 7.75. The van der Waals surface area contributed by atoms with Crippen molar-refractivity contribution in [2.45, 2.75) is 31.9 Å². The van der Waals surface area contributed by atoms with Gasteiger partial charge in [0.15, 0.2) is 0 Å². The number of alkyl halides is 3. The second-order valence-electron chi connectivity index (χ2n) is 3.10. The molecule has 0 heterocycles. The summed E-state index contributed by atoms with van der Waals surface area (Å²) in [4.78, 5) is 20.2. The van der Waals surface area contributed by atoms with Crippen LogP contribution >= 0.6 is 0 Å². The summed E-state index contributed by atoms with van der Waals surface area (Å²) in [6.45, 7) is 0. The molecule has 0 aromatic rings. The van der Waals surface area contributed by atoms with Crippen LogP contribution in [0.2, 0.25) is 0 Å². The van der Waals surface area contributed by atoms with Crippen LogP contribution in [0.5, 0.6) is 0 Å². The number of carboxylic acids is 2. The Morgan fingerprint density at radius 2 is 1.33 bits per heavy atom. The molecule has 0 aromatic carbocycles. The van der Waals surface area contributed by atoms with Crippen molar-refractivity contribution >= 4 is 11.9 Å². The van der Waals surface area contributed by atoms with Crippen molar-refractivity contribution in [2.24, 2.45) is 5.92 Å². The highest BCUT2D eigenvalue weighted by Gasteiger charge is 2.39. The standard InChI is InChI=1S/C8H11F3O4/c9-8(10,11)5(1-3-6(12)13)2-4-7(14)15/h5H,1-4H2,(H,12,13)(H,14,15). The van der Waals surface area contributed by atoms with Gasteiger partial charge in [-0.25, -0.2) is 0 Å². The van der Waals surface area contributed by atoms with Crippen LogP contribution in [0, 0.1) is 5.92 Å². The van der Waals surface area contributed by atoms with Gasteiger partial charge < -0.3 is 10.2 Å². The van der Waals surface area contributed by atoms with E-state index in [0.29, 0.717) is 0 Å². The number of carboxylic acid groups (broad SMARTS) is 2. The Kier molecular flexibility index (Phi) is 5.10. The quantitative estimate of drug-likeness (QED) is 0.728. The van der Waals surface area contributed by atoms with Crippen LogP contribution in [-0.4, -0.2) is 28.3 Å². The molecule has 0 aliphatic heterocycles. The Bertz CT molecular complexity index is 219. The first kappa shape index (κ1) is 13.7. The van der Waals surface area contributed by atoms with Crippen LogP contribution in [0.4, 0.5) is 13.2 Å². The predicted octanol–water partition coefficient (Wildman–Crippen LogP) is 1.89. The molecule has 0 rings (SSSR count). The summed E-state index contributed by atoms with van der Waals surface area (Å²) in [5.41, 5.74) is 0. The Hall–Kier alpha value is -1.27. The highest BCUT2D eigenvalue weighted by atomic mass is 19.4. The second kappa shape index (κ2) is 5.57. The van der Waals surface area contributed by atoms with Crippen molar-refractivity contribution < 1.29 is 33.0 Å². The predicted molar refractivity (Wildman–Crippen MR) is 43.3 cm³/mol. The Morgan fingerprint density at radius 3 is 1.53 bits per heavy atom. The molecule has 0 spiro atoms. The molecule has 15 heavy (non-hydrogen) atoms. The van der Waals surface area contributed by atoms with Gasteiger partial charge in [-0.3, -0.25) is 9.59 Å². The zero-order chi connectivity index (χ0) is 12.1. The normalized spacial score (nSPS) is 11.7. The summed E-state index contributed by atoms with van der Waals surface area (Å²) in [5.74, 6) is -4.50. The maximum Gasteiger partial charge on any atom is 0.391 e. The maximum absolute atomic E-state index is 12.2. The van der Waals surface area contributed by atoms with Gasteiger partial charge in [-0.05, 0) is 12.8 Å². The van der Waals surface area contributed by atoms with E-state index < -0.39 is 49.7 Å². The van der Waals surface area contributed by atoms with E-state index in [9.17, 15) is 22.8 Å². The van der Waals surface area contributed by atoms with Gasteiger partial charge in [0.2, 0.25) is 0 Å². The third-order valence-corrected chi connectivity index (χ3v) is 1.88. The first-order valence-electron chi connectivity index (χ1n) is 4.23. The van der Waals surface area contributed by atoms with Crippen molar-refractivity contribution in [3.63, 3.8) is 0 Å². The molecule has 0 saturated heterocycles. The topological polar surface area (TPSA) is 74.6 Å². The summed E-state index contributed by atoms with van der Waals surface area (Å²) >= 11 is 0. The first-order chi connectivity index (χ1) is 6.73. The fraction of sp³-hybridized carbons (Fsp3) is 0.750. The molecule has 2 N–H and O–H groups in total. The lowest BCUT2D eigenvalue weighted by Crippen LogP contribution is -2.24. The van der Waals surface area contributed by atoms with Gasteiger partial charge in [-0.2, -0.15) is 13.2 Å². The molecule has 0 amide bonds. The Morgan fingerprint density at radius 1 is 1.00 bits per heavy atom. The smallest absolute Gasteiger partial charge is 0.391 e. The number of halogens is 3. The van der Waals surface area contributed by atoms with Gasteiger partial charge in [0.1, 0.15) is 0 Å². The largest absolute Gasteiger partial charge is 0.481 e. The van der Waals surface area contributed by atoms with E-state index in [1.807, 2.05) is 0 Å². The minimum atomic E-state index is -4.54. The third-order valence-electron chi connectivity index (χ3n) is 1.88. The summed E-state index contributed by atoms with van der Waals surface area (Å²) in [6, 6.07) is 0. The van der Waals surface area contributed by atoms with Crippen molar-refractivity contribution in [3.05, 3.63) is 0 Å². The van der Waals surface area contributed by atoms with Gasteiger partial charge in [-0.1, -0.05) is 0 Å². The average molecular weight is 228 g/mol. The fourth-order valence-corrected chi connectivity index (χ4v) is 1.07. The molecule has 0 aliphatic carbocycles. The second-order valence-corrected chi connectivity index (χ2v) is 3.10. The van der Waals surface area contributed by atoms with Gasteiger partial charge in [0, 0.05) is 12.8 Å². The van der Waals surface area contributed by atoms with E-state index >= 15 is 0 Å². The molecule has 0 fully saturated rings. The lowest BCUT2D eigenvalue weighted by atomic mass is 9.97. The maximum atomic E-state index is 12.2. The molecular formula is C8H11F3O4. The fourth-order valence-electron chi connectivity index (χ4n) is 1.07. The van der Waals surface area contributed by atoms with Crippen molar-refractivity contribution in [3.8, 4) is 0 Å². The lowest BCUT2D eigenvalue weighted by Gasteiger charge is -2.18. The van der Waals surface area contributed by atoms with E-state index in [0.717, 1.165) is 0 Å². The Balaban J connectivity index is 4.19. The van der Waals surface area contributed by atoms with Gasteiger partial charge >= 0.3 is 18.1 Å². The monoisotopic (exact) mass is 228 g/mol. The molecule has 88 valence electrons. The number of carbonyl (C=O) groups is 2. The molecule has 0 bridgehead atoms. The lowest BCUT2D eigenvalue weighted by molar-refractivity contribution is -0.180. The van der Waals surface area contributed by atoms with Crippen LogP contribution < -0.4 is 0 Å². The molecule has 0 radical (unpaired) electrons. The van der Waals surface area contributed by atoms with Crippen molar-refractivity contribution in [1.82, 2.24) is 0 Å². The molecule has 0 unspecified atom stereocenters. The molecule has 0 saturated carbocycles. The van der Waals surface area contributed by atoms with Gasteiger partial charge in [0.25, 0.3) is 0 Å². The molecular weight excluding hydrogens is 217 g/mol. The highest BCUT2D eigenvalue weighted by molar-refractivity contribution is 5.67. The molecule has 0 aliphatic rings. The van der Waals surface area contributed by atoms with E-state index in [4.69, 9.17) is 10.2 Å². The van der Waals surface area contributed by atoms with Gasteiger partial charge in [-0.15, -0.1) is 0 Å². The SMILES string of the molecule is O=C(O)CCC(CCC(=O)O)C(F)(F)F. The zero-order valence-electron chi connectivity index (χ0n) is 7.75. The number of rotatable bonds is 6. The molecule has 0 aromatic heterocycles. The number of hydrogen-bond acceptors (Lipinski definition) is 2. The Labute approximate surface area is 83.7 Å². The van der Waals surface area contributed by atoms with Crippen LogP contribution in [0.25, 0.3) is 0 Å². The van der Waals surface area contributed by atoms with E-state index in [2.05, 4.69) is 0 Å². The highest BCUT2D eigenvalue weighted by Crippen LogP contribution is 2.33. The van der Waals surface area contributed by atoms with Crippen LogP contribution in [-0.2, 0) is 9.59 Å². The minimum absolute atomic E-state index is 0.577. The summed E-state index contributed by atoms with van der Waals surface area (Å²) < 4.78 is 36.7. The third kappa shape index (κ3) is 6.75. The van der Waals surface area contributed by atoms with Crippen LogP contribution in [0.3, 0.4) is 0 Å². The summed E-state index contributed by atoms with van der Waals surface area (Å²) in [6.07, 6.45) is -6.91. The van der Waals surface area contributed by atoms with Crippen LogP contribution in [0.15, 0.2) is 0 Å². The van der Waals surface area contributed by atoms with Crippen molar-refractivity contribution in [1.29, 1.82) is 0 Å². The summed E-state index contributed by atoms with van der Waals surface area (Å²) in [5, 5.41) is 16.4. The summed E-state index contributed by atoms with van der Waals surface area (Å²) in [7, 11) is 0. The van der Waals surface area contributed by atoms with E-state index in [1.54, 1.807) is 0 Å². The van der Waals surface area contributed by atoms with E-state index in [1.165, 1.54) is 0 Å². The first-order valence-corrected chi connectivity index (χ1v) is 4.23. The molecule has 7 heteroatoms. The molecule has 4 nitrogen and oxygen atoms in total.